The van der Waals surface area contributed by atoms with E-state index < -0.39 is 0 Å². The summed E-state index contributed by atoms with van der Waals surface area (Å²) in [5.41, 5.74) is 1.14. The fourth-order valence-corrected chi connectivity index (χ4v) is 3.25. The molecule has 0 N–H and O–H groups in total. The summed E-state index contributed by atoms with van der Waals surface area (Å²) in [5.74, 6) is 1.45. The van der Waals surface area contributed by atoms with Crippen molar-refractivity contribution in [3.8, 4) is 11.5 Å². The van der Waals surface area contributed by atoms with E-state index in [9.17, 15) is 9.18 Å². The van der Waals surface area contributed by atoms with Gasteiger partial charge in [0.25, 0.3) is 0 Å². The third-order valence-corrected chi connectivity index (χ3v) is 5.00. The molecule has 5 nitrogen and oxygen atoms in total. The van der Waals surface area contributed by atoms with Crippen LogP contribution in [0.1, 0.15) is 12.0 Å². The lowest BCUT2D eigenvalue weighted by atomic mass is 10.1. The van der Waals surface area contributed by atoms with Crippen LogP contribution in [-0.4, -0.2) is 62.1 Å². The van der Waals surface area contributed by atoms with Gasteiger partial charge in [-0.25, -0.2) is 4.39 Å². The highest BCUT2D eigenvalue weighted by molar-refractivity contribution is 5.76. The zero-order chi connectivity index (χ0) is 19.8. The number of hydrogen-bond acceptors (Lipinski definition) is 4. The molecule has 1 amide bonds. The van der Waals surface area contributed by atoms with Crippen LogP contribution >= 0.6 is 0 Å². The van der Waals surface area contributed by atoms with Gasteiger partial charge in [0.05, 0.1) is 7.11 Å². The minimum Gasteiger partial charge on any atom is -0.497 e. The predicted molar refractivity (Wildman–Crippen MR) is 106 cm³/mol. The molecule has 0 spiro atoms. The zero-order valence-electron chi connectivity index (χ0n) is 16.3. The first-order chi connectivity index (χ1) is 13.6. The summed E-state index contributed by atoms with van der Waals surface area (Å²) in [6, 6.07) is 13.9. The van der Waals surface area contributed by atoms with Crippen LogP contribution in [0.4, 0.5) is 4.39 Å². The minimum absolute atomic E-state index is 0.207. The number of carbonyl (C=O) groups excluding carboxylic acids is 1. The molecule has 150 valence electrons. The Morgan fingerprint density at radius 1 is 0.964 bits per heavy atom. The fraction of sp³-hybridized carbons (Fsp3) is 0.409. The summed E-state index contributed by atoms with van der Waals surface area (Å²) >= 11 is 0. The highest BCUT2D eigenvalue weighted by Gasteiger charge is 2.20. The summed E-state index contributed by atoms with van der Waals surface area (Å²) in [7, 11) is 1.65. The van der Waals surface area contributed by atoms with Gasteiger partial charge in [-0.15, -0.1) is 0 Å². The van der Waals surface area contributed by atoms with Crippen molar-refractivity contribution >= 4 is 5.91 Å². The van der Waals surface area contributed by atoms with Gasteiger partial charge in [-0.3, -0.25) is 9.69 Å². The van der Waals surface area contributed by atoms with Gasteiger partial charge in [0, 0.05) is 39.1 Å². The van der Waals surface area contributed by atoms with Crippen molar-refractivity contribution in [2.45, 2.75) is 12.8 Å². The Morgan fingerprint density at radius 3 is 2.25 bits per heavy atom. The van der Waals surface area contributed by atoms with E-state index in [2.05, 4.69) is 4.90 Å². The molecule has 28 heavy (non-hydrogen) atoms. The Labute approximate surface area is 165 Å². The van der Waals surface area contributed by atoms with Gasteiger partial charge in [-0.05, 0) is 48.4 Å². The Bertz CT molecular complexity index is 741. The lowest BCUT2D eigenvalue weighted by molar-refractivity contribution is -0.132. The molecule has 2 aromatic rings. The van der Waals surface area contributed by atoms with Gasteiger partial charge >= 0.3 is 0 Å². The van der Waals surface area contributed by atoms with Crippen molar-refractivity contribution in [1.29, 1.82) is 0 Å². The van der Waals surface area contributed by atoms with Gasteiger partial charge in [-0.2, -0.15) is 0 Å². The number of benzene rings is 2. The summed E-state index contributed by atoms with van der Waals surface area (Å²) in [6.45, 7) is 4.54. The first kappa shape index (κ1) is 20.1. The number of rotatable bonds is 8. The number of halogens is 1. The van der Waals surface area contributed by atoms with E-state index in [0.29, 0.717) is 18.8 Å². The Hall–Kier alpha value is -2.60. The van der Waals surface area contributed by atoms with Gasteiger partial charge < -0.3 is 14.4 Å². The van der Waals surface area contributed by atoms with Crippen molar-refractivity contribution in [3.05, 3.63) is 59.9 Å². The van der Waals surface area contributed by atoms with E-state index in [1.54, 1.807) is 19.2 Å². The molecule has 3 rings (SSSR count). The quantitative estimate of drug-likeness (QED) is 0.700. The number of amides is 1. The van der Waals surface area contributed by atoms with Crippen LogP contribution in [0.5, 0.6) is 11.5 Å². The van der Waals surface area contributed by atoms with E-state index in [1.165, 1.54) is 12.1 Å². The minimum atomic E-state index is -0.264. The van der Waals surface area contributed by atoms with Crippen molar-refractivity contribution < 1.29 is 18.7 Å². The SMILES string of the molecule is COc1ccc(CCC(=O)N2CCN(CCOc3ccc(F)cc3)CC2)cc1. The molecule has 0 radical (unpaired) electrons. The number of carbonyl (C=O) groups is 1. The molecule has 1 saturated heterocycles. The molecule has 0 aliphatic carbocycles. The Morgan fingerprint density at radius 2 is 1.61 bits per heavy atom. The standard InChI is InChI=1S/C22H27FN2O3/c1-27-20-7-2-18(3-8-20)4-11-22(26)25-14-12-24(13-15-25)16-17-28-21-9-5-19(23)6-10-21/h2-3,5-10H,4,11-17H2,1H3. The summed E-state index contributed by atoms with van der Waals surface area (Å²) in [4.78, 5) is 16.7. The highest BCUT2D eigenvalue weighted by Crippen LogP contribution is 2.14. The molecule has 0 unspecified atom stereocenters. The normalized spacial score (nSPS) is 14.7. The molecule has 1 aliphatic heterocycles. The van der Waals surface area contributed by atoms with E-state index in [-0.39, 0.29) is 11.7 Å². The maximum absolute atomic E-state index is 12.9. The van der Waals surface area contributed by atoms with Crippen LogP contribution in [0.25, 0.3) is 0 Å². The predicted octanol–water partition coefficient (Wildman–Crippen LogP) is 2.99. The molecule has 2 aromatic carbocycles. The van der Waals surface area contributed by atoms with Crippen molar-refractivity contribution in [2.75, 3.05) is 46.4 Å². The van der Waals surface area contributed by atoms with Crippen LogP contribution in [-0.2, 0) is 11.2 Å². The molecular weight excluding hydrogens is 359 g/mol. The van der Waals surface area contributed by atoms with Crippen molar-refractivity contribution in [2.24, 2.45) is 0 Å². The van der Waals surface area contributed by atoms with Crippen LogP contribution in [0.2, 0.25) is 0 Å². The second-order valence-electron chi connectivity index (χ2n) is 6.87. The Balaban J connectivity index is 1.33. The third kappa shape index (κ3) is 5.96. The third-order valence-electron chi connectivity index (χ3n) is 5.00. The number of piperazine rings is 1. The topological polar surface area (TPSA) is 42.0 Å². The monoisotopic (exact) mass is 386 g/mol. The number of hydrogen-bond donors (Lipinski definition) is 0. The van der Waals surface area contributed by atoms with Crippen LogP contribution in [0.15, 0.2) is 48.5 Å². The Kier molecular flexibility index (Phi) is 7.25. The number of nitrogens with zero attached hydrogens (tertiary/aromatic N) is 2. The second kappa shape index (κ2) is 10.1. The molecule has 0 aromatic heterocycles. The van der Waals surface area contributed by atoms with Crippen LogP contribution in [0, 0.1) is 5.82 Å². The first-order valence-electron chi connectivity index (χ1n) is 9.65. The van der Waals surface area contributed by atoms with E-state index in [4.69, 9.17) is 9.47 Å². The zero-order valence-corrected chi connectivity index (χ0v) is 16.3. The number of methoxy groups -OCH3 is 1. The lowest BCUT2D eigenvalue weighted by Gasteiger charge is -2.34. The van der Waals surface area contributed by atoms with Crippen LogP contribution < -0.4 is 9.47 Å². The lowest BCUT2D eigenvalue weighted by Crippen LogP contribution is -2.49. The maximum Gasteiger partial charge on any atom is 0.222 e. The van der Waals surface area contributed by atoms with Gasteiger partial charge in [-0.1, -0.05) is 12.1 Å². The van der Waals surface area contributed by atoms with E-state index >= 15 is 0 Å². The molecule has 0 bridgehead atoms. The van der Waals surface area contributed by atoms with Gasteiger partial charge in [0.1, 0.15) is 23.9 Å². The van der Waals surface area contributed by atoms with Crippen molar-refractivity contribution in [1.82, 2.24) is 9.80 Å². The smallest absolute Gasteiger partial charge is 0.222 e. The van der Waals surface area contributed by atoms with E-state index in [0.717, 1.165) is 50.5 Å². The molecule has 0 atom stereocenters. The summed E-state index contributed by atoms with van der Waals surface area (Å²) in [6.07, 6.45) is 1.27. The highest BCUT2D eigenvalue weighted by atomic mass is 19.1. The van der Waals surface area contributed by atoms with Gasteiger partial charge in [0.2, 0.25) is 5.91 Å². The molecule has 6 heteroatoms. The second-order valence-corrected chi connectivity index (χ2v) is 6.87. The fourth-order valence-electron chi connectivity index (χ4n) is 3.25. The molecule has 1 aliphatic rings. The van der Waals surface area contributed by atoms with Gasteiger partial charge in [0.15, 0.2) is 0 Å². The number of aryl methyl sites for hydroxylation is 1. The molecule has 0 saturated carbocycles. The maximum atomic E-state index is 12.9. The van der Waals surface area contributed by atoms with Crippen LogP contribution in [0.3, 0.4) is 0 Å². The van der Waals surface area contributed by atoms with E-state index in [1.807, 2.05) is 29.2 Å². The summed E-state index contributed by atoms with van der Waals surface area (Å²) in [5, 5.41) is 0. The van der Waals surface area contributed by atoms with Crippen molar-refractivity contribution in [3.63, 3.8) is 0 Å². The summed E-state index contributed by atoms with van der Waals surface area (Å²) < 4.78 is 23.7. The first-order valence-corrected chi connectivity index (χ1v) is 9.65. The number of ether oxygens (including phenoxy) is 2. The average Bonchev–Trinajstić information content (AvgIpc) is 2.74. The molecular formula is C22H27FN2O3. The average molecular weight is 386 g/mol. The molecule has 1 fully saturated rings. The molecule has 1 heterocycles. The largest absolute Gasteiger partial charge is 0.497 e.